The quantitative estimate of drug-likeness (QED) is 0.486. The van der Waals surface area contributed by atoms with Crippen LogP contribution in [-0.4, -0.2) is 66.3 Å². The molecule has 0 radical (unpaired) electrons. The van der Waals surface area contributed by atoms with Crippen molar-refractivity contribution >= 4 is 5.91 Å². The summed E-state index contributed by atoms with van der Waals surface area (Å²) in [5.74, 6) is -0.0162. The number of rotatable bonds is 12. The Labute approximate surface area is 103 Å². The fourth-order valence-electron chi connectivity index (χ4n) is 0.974. The Balaban J connectivity index is 2.96. The van der Waals surface area contributed by atoms with Crippen LogP contribution in [0.3, 0.4) is 0 Å². The Hall–Kier alpha value is -0.690. The van der Waals surface area contributed by atoms with E-state index in [1.807, 2.05) is 0 Å². The van der Waals surface area contributed by atoms with Crippen LogP contribution in [0.25, 0.3) is 0 Å². The number of amides is 1. The van der Waals surface area contributed by atoms with Gasteiger partial charge in [-0.3, -0.25) is 4.79 Å². The second kappa shape index (κ2) is 13.4. The first kappa shape index (κ1) is 16.3. The van der Waals surface area contributed by atoms with E-state index in [1.165, 1.54) is 0 Å². The van der Waals surface area contributed by atoms with E-state index in [0.717, 1.165) is 0 Å². The Bertz CT molecular complexity index is 177. The molecule has 6 nitrogen and oxygen atoms in total. The largest absolute Gasteiger partial charge is 0.382 e. The zero-order chi connectivity index (χ0) is 12.8. The number of methoxy groups -OCH3 is 1. The number of carbonyl (C=O) groups is 1. The van der Waals surface area contributed by atoms with E-state index in [1.54, 1.807) is 14.2 Å². The van der Waals surface area contributed by atoms with E-state index in [-0.39, 0.29) is 5.91 Å². The van der Waals surface area contributed by atoms with E-state index in [4.69, 9.17) is 18.9 Å². The van der Waals surface area contributed by atoms with Crippen molar-refractivity contribution in [2.45, 2.75) is 6.42 Å². The molecule has 0 saturated heterocycles. The highest BCUT2D eigenvalue weighted by Gasteiger charge is 1.96. The first-order valence-corrected chi connectivity index (χ1v) is 5.74. The molecule has 0 bridgehead atoms. The van der Waals surface area contributed by atoms with Gasteiger partial charge in [-0.1, -0.05) is 0 Å². The van der Waals surface area contributed by atoms with E-state index in [9.17, 15) is 4.79 Å². The molecule has 0 fully saturated rings. The van der Waals surface area contributed by atoms with Crippen LogP contribution in [0.4, 0.5) is 0 Å². The van der Waals surface area contributed by atoms with Crippen LogP contribution in [0, 0.1) is 0 Å². The molecule has 0 aliphatic rings. The minimum Gasteiger partial charge on any atom is -0.382 e. The minimum atomic E-state index is -0.0162. The maximum Gasteiger partial charge on any atom is 0.222 e. The zero-order valence-corrected chi connectivity index (χ0v) is 10.7. The van der Waals surface area contributed by atoms with Crippen LogP contribution in [0.15, 0.2) is 0 Å². The average molecular weight is 249 g/mol. The normalized spacial score (nSPS) is 10.5. The van der Waals surface area contributed by atoms with Crippen molar-refractivity contribution in [2.75, 3.05) is 60.4 Å². The highest BCUT2D eigenvalue weighted by Crippen LogP contribution is 1.84. The summed E-state index contributed by atoms with van der Waals surface area (Å²) in [6.45, 7) is 3.72. The molecule has 0 rings (SSSR count). The van der Waals surface area contributed by atoms with Crippen LogP contribution in [-0.2, 0) is 23.7 Å². The molecule has 0 aromatic heterocycles. The molecule has 0 atom stereocenters. The third kappa shape index (κ3) is 13.2. The molecule has 0 aliphatic carbocycles. The van der Waals surface area contributed by atoms with E-state index >= 15 is 0 Å². The highest BCUT2D eigenvalue weighted by atomic mass is 16.6. The van der Waals surface area contributed by atoms with Crippen LogP contribution < -0.4 is 5.32 Å². The molecule has 0 aromatic rings. The van der Waals surface area contributed by atoms with Crippen LogP contribution in [0.1, 0.15) is 6.42 Å². The van der Waals surface area contributed by atoms with Gasteiger partial charge in [-0.15, -0.1) is 0 Å². The summed E-state index contributed by atoms with van der Waals surface area (Å²) in [7, 11) is 3.24. The molecule has 0 heterocycles. The first-order valence-electron chi connectivity index (χ1n) is 5.74. The van der Waals surface area contributed by atoms with E-state index < -0.39 is 0 Å². The molecule has 0 unspecified atom stereocenters. The Morgan fingerprint density at radius 3 is 1.82 bits per heavy atom. The molecule has 102 valence electrons. The molecule has 0 aromatic carbocycles. The lowest BCUT2D eigenvalue weighted by molar-refractivity contribution is -0.121. The predicted octanol–water partition coefficient (Wildman–Crippen LogP) is -0.181. The van der Waals surface area contributed by atoms with Crippen molar-refractivity contribution in [2.24, 2.45) is 0 Å². The number of ether oxygens (including phenoxy) is 4. The van der Waals surface area contributed by atoms with E-state index in [2.05, 4.69) is 5.32 Å². The number of hydrogen-bond donors (Lipinski definition) is 1. The van der Waals surface area contributed by atoms with Gasteiger partial charge in [0, 0.05) is 20.6 Å². The number of nitrogens with one attached hydrogen (secondary N) is 1. The van der Waals surface area contributed by atoms with Gasteiger partial charge in [0.1, 0.15) is 0 Å². The van der Waals surface area contributed by atoms with Gasteiger partial charge in [0.2, 0.25) is 5.91 Å². The molecular weight excluding hydrogens is 226 g/mol. The molecule has 0 aliphatic heterocycles. The molecule has 0 saturated carbocycles. The third-order valence-corrected chi connectivity index (χ3v) is 1.93. The van der Waals surface area contributed by atoms with Gasteiger partial charge >= 0.3 is 0 Å². The smallest absolute Gasteiger partial charge is 0.222 e. The minimum absolute atomic E-state index is 0.0162. The zero-order valence-electron chi connectivity index (χ0n) is 10.7. The van der Waals surface area contributed by atoms with Gasteiger partial charge in [0.25, 0.3) is 0 Å². The Morgan fingerprint density at radius 1 is 0.882 bits per heavy atom. The maximum atomic E-state index is 10.8. The SMILES string of the molecule is CNC(=O)CCOCCOCCOCCOC. The summed E-state index contributed by atoms with van der Waals surface area (Å²) in [6.07, 6.45) is 0.386. The fourth-order valence-corrected chi connectivity index (χ4v) is 0.974. The summed E-state index contributed by atoms with van der Waals surface area (Å²) < 4.78 is 20.5. The molecule has 17 heavy (non-hydrogen) atoms. The average Bonchev–Trinajstić information content (AvgIpc) is 2.35. The van der Waals surface area contributed by atoms with Gasteiger partial charge in [0.05, 0.1) is 46.2 Å². The number of carbonyl (C=O) groups excluding carboxylic acids is 1. The van der Waals surface area contributed by atoms with Gasteiger partial charge in [0.15, 0.2) is 0 Å². The number of hydrogen-bond acceptors (Lipinski definition) is 5. The van der Waals surface area contributed by atoms with Gasteiger partial charge in [-0.25, -0.2) is 0 Å². The van der Waals surface area contributed by atoms with Crippen molar-refractivity contribution in [3.8, 4) is 0 Å². The van der Waals surface area contributed by atoms with Crippen LogP contribution >= 0.6 is 0 Å². The molecule has 0 spiro atoms. The highest BCUT2D eigenvalue weighted by molar-refractivity contribution is 5.75. The van der Waals surface area contributed by atoms with Gasteiger partial charge in [-0.05, 0) is 0 Å². The Kier molecular flexibility index (Phi) is 12.8. The Morgan fingerprint density at radius 2 is 1.35 bits per heavy atom. The second-order valence-corrected chi connectivity index (χ2v) is 3.25. The van der Waals surface area contributed by atoms with Crippen molar-refractivity contribution in [1.82, 2.24) is 5.32 Å². The van der Waals surface area contributed by atoms with Gasteiger partial charge < -0.3 is 24.3 Å². The standard InChI is InChI=1S/C11H23NO5/c1-12-11(13)3-4-15-7-8-17-10-9-16-6-5-14-2/h3-10H2,1-2H3,(H,12,13). The lowest BCUT2D eigenvalue weighted by Gasteiger charge is -2.06. The van der Waals surface area contributed by atoms with Crippen LogP contribution in [0.5, 0.6) is 0 Å². The lowest BCUT2D eigenvalue weighted by Crippen LogP contribution is -2.20. The summed E-state index contributed by atoms with van der Waals surface area (Å²) >= 11 is 0. The summed E-state index contributed by atoms with van der Waals surface area (Å²) in [5.41, 5.74) is 0. The summed E-state index contributed by atoms with van der Waals surface area (Å²) in [5, 5.41) is 2.52. The lowest BCUT2D eigenvalue weighted by atomic mass is 10.4. The molecule has 1 amide bonds. The molecule has 1 N–H and O–H groups in total. The van der Waals surface area contributed by atoms with Gasteiger partial charge in [-0.2, -0.15) is 0 Å². The summed E-state index contributed by atoms with van der Waals surface area (Å²) in [4.78, 5) is 10.8. The third-order valence-electron chi connectivity index (χ3n) is 1.93. The van der Waals surface area contributed by atoms with Crippen molar-refractivity contribution in [3.05, 3.63) is 0 Å². The maximum absolute atomic E-state index is 10.8. The van der Waals surface area contributed by atoms with E-state index in [0.29, 0.717) is 52.7 Å². The first-order chi connectivity index (χ1) is 8.31. The predicted molar refractivity (Wildman–Crippen MR) is 63.0 cm³/mol. The monoisotopic (exact) mass is 249 g/mol. The molecular formula is C11H23NO5. The summed E-state index contributed by atoms with van der Waals surface area (Å²) in [6, 6.07) is 0. The topological polar surface area (TPSA) is 66.0 Å². The second-order valence-electron chi connectivity index (χ2n) is 3.25. The van der Waals surface area contributed by atoms with Crippen molar-refractivity contribution in [3.63, 3.8) is 0 Å². The van der Waals surface area contributed by atoms with Crippen molar-refractivity contribution in [1.29, 1.82) is 0 Å². The van der Waals surface area contributed by atoms with Crippen LogP contribution in [0.2, 0.25) is 0 Å². The fraction of sp³-hybridized carbons (Fsp3) is 0.909. The molecule has 6 heteroatoms. The van der Waals surface area contributed by atoms with Crippen molar-refractivity contribution < 1.29 is 23.7 Å².